The Bertz CT molecular complexity index is 657. The molecule has 0 saturated heterocycles. The van der Waals surface area contributed by atoms with E-state index in [1.807, 2.05) is 36.4 Å². The first-order valence-electron chi connectivity index (χ1n) is 7.70. The van der Waals surface area contributed by atoms with Crippen molar-refractivity contribution in [3.05, 3.63) is 48.0 Å². The van der Waals surface area contributed by atoms with E-state index in [1.54, 1.807) is 13.2 Å². The second kappa shape index (κ2) is 6.65. The Morgan fingerprint density at radius 2 is 1.77 bits per heavy atom. The third kappa shape index (κ3) is 3.14. The first-order chi connectivity index (χ1) is 10.8. The molecule has 2 aromatic carbocycles. The maximum Gasteiger partial charge on any atom is 0.162 e. The average molecular weight is 296 g/mol. The zero-order valence-corrected chi connectivity index (χ0v) is 12.7. The van der Waals surface area contributed by atoms with Gasteiger partial charge in [-0.3, -0.25) is 4.79 Å². The first-order valence-corrected chi connectivity index (χ1v) is 7.70. The van der Waals surface area contributed by atoms with Crippen LogP contribution >= 0.6 is 0 Å². The molecule has 1 aliphatic rings. The fourth-order valence-electron chi connectivity index (χ4n) is 2.93. The van der Waals surface area contributed by atoms with Crippen LogP contribution in [0.4, 0.5) is 0 Å². The van der Waals surface area contributed by atoms with Gasteiger partial charge in [0.25, 0.3) is 0 Å². The number of ether oxygens (including phenoxy) is 2. The number of carbonyl (C=O) groups excluding carboxylic acids is 1. The minimum atomic E-state index is 0.283. The Kier molecular flexibility index (Phi) is 4.42. The molecule has 0 heterocycles. The predicted molar refractivity (Wildman–Crippen MR) is 86.7 cm³/mol. The summed E-state index contributed by atoms with van der Waals surface area (Å²) < 4.78 is 11.5. The van der Waals surface area contributed by atoms with E-state index in [-0.39, 0.29) is 6.10 Å². The summed E-state index contributed by atoms with van der Waals surface area (Å²) in [6.07, 6.45) is 5.82. The van der Waals surface area contributed by atoms with Crippen molar-refractivity contribution in [3.63, 3.8) is 0 Å². The van der Waals surface area contributed by atoms with Gasteiger partial charge in [0.15, 0.2) is 11.5 Å². The molecule has 1 aliphatic carbocycles. The van der Waals surface area contributed by atoms with Gasteiger partial charge in [-0.15, -0.1) is 0 Å². The summed E-state index contributed by atoms with van der Waals surface area (Å²) in [5, 5.41) is 0. The second-order valence-electron chi connectivity index (χ2n) is 5.63. The van der Waals surface area contributed by atoms with Crippen molar-refractivity contribution in [2.75, 3.05) is 7.11 Å². The summed E-state index contributed by atoms with van der Waals surface area (Å²) in [5.41, 5.74) is 2.70. The lowest BCUT2D eigenvalue weighted by atomic mass is 10.0. The third-order valence-corrected chi connectivity index (χ3v) is 4.12. The molecular weight excluding hydrogens is 276 g/mol. The van der Waals surface area contributed by atoms with Gasteiger partial charge in [0, 0.05) is 5.56 Å². The molecule has 3 nitrogen and oxygen atoms in total. The lowest BCUT2D eigenvalue weighted by molar-refractivity contribution is 0.112. The Labute approximate surface area is 130 Å². The lowest BCUT2D eigenvalue weighted by Gasteiger charge is -2.17. The molecule has 0 aliphatic heterocycles. The van der Waals surface area contributed by atoms with E-state index in [0.29, 0.717) is 5.56 Å². The van der Waals surface area contributed by atoms with Crippen LogP contribution in [0.15, 0.2) is 42.5 Å². The van der Waals surface area contributed by atoms with Crippen molar-refractivity contribution < 1.29 is 14.3 Å². The largest absolute Gasteiger partial charge is 0.493 e. The molecule has 3 rings (SSSR count). The van der Waals surface area contributed by atoms with Crippen LogP contribution in [0.5, 0.6) is 11.5 Å². The Hall–Kier alpha value is -2.29. The van der Waals surface area contributed by atoms with E-state index in [0.717, 1.165) is 41.8 Å². The van der Waals surface area contributed by atoms with Crippen LogP contribution in [0.3, 0.4) is 0 Å². The lowest BCUT2D eigenvalue weighted by Crippen LogP contribution is -2.11. The minimum absolute atomic E-state index is 0.283. The van der Waals surface area contributed by atoms with Gasteiger partial charge in [0.1, 0.15) is 6.29 Å². The Balaban J connectivity index is 1.92. The van der Waals surface area contributed by atoms with E-state index in [4.69, 9.17) is 9.47 Å². The standard InChI is InChI=1S/C19H20O3/c1-21-18-10-9-16(15-6-4-5-14(11-15)13-20)12-19(18)22-17-7-2-3-8-17/h4-6,9-13,17H,2-3,7-8H2,1H3. The molecule has 3 heteroatoms. The van der Waals surface area contributed by atoms with Gasteiger partial charge in [-0.2, -0.15) is 0 Å². The summed E-state index contributed by atoms with van der Waals surface area (Å²) >= 11 is 0. The molecule has 0 unspecified atom stereocenters. The normalized spacial score (nSPS) is 14.8. The molecule has 0 bridgehead atoms. The molecule has 0 N–H and O–H groups in total. The molecule has 114 valence electrons. The molecule has 22 heavy (non-hydrogen) atoms. The summed E-state index contributed by atoms with van der Waals surface area (Å²) in [7, 11) is 1.66. The van der Waals surface area contributed by atoms with Crippen LogP contribution in [0.2, 0.25) is 0 Å². The molecule has 0 atom stereocenters. The minimum Gasteiger partial charge on any atom is -0.493 e. The molecule has 1 saturated carbocycles. The highest BCUT2D eigenvalue weighted by Crippen LogP contribution is 2.35. The molecule has 0 aromatic heterocycles. The fraction of sp³-hybridized carbons (Fsp3) is 0.316. The average Bonchev–Trinajstić information content (AvgIpc) is 3.08. The van der Waals surface area contributed by atoms with Crippen molar-refractivity contribution in [2.24, 2.45) is 0 Å². The van der Waals surface area contributed by atoms with Crippen LogP contribution in [0.25, 0.3) is 11.1 Å². The monoisotopic (exact) mass is 296 g/mol. The third-order valence-electron chi connectivity index (χ3n) is 4.12. The van der Waals surface area contributed by atoms with Gasteiger partial charge in [0.2, 0.25) is 0 Å². The summed E-state index contributed by atoms with van der Waals surface area (Å²) in [6, 6.07) is 13.5. The van der Waals surface area contributed by atoms with Crippen LogP contribution in [0.1, 0.15) is 36.0 Å². The highest BCUT2D eigenvalue weighted by Gasteiger charge is 2.18. The van der Waals surface area contributed by atoms with Gasteiger partial charge >= 0.3 is 0 Å². The summed E-state index contributed by atoms with van der Waals surface area (Å²) in [5.74, 6) is 1.53. The summed E-state index contributed by atoms with van der Waals surface area (Å²) in [4.78, 5) is 10.9. The van der Waals surface area contributed by atoms with Crippen LogP contribution in [-0.4, -0.2) is 19.5 Å². The molecule has 1 fully saturated rings. The SMILES string of the molecule is COc1ccc(-c2cccc(C=O)c2)cc1OC1CCCC1. The number of rotatable bonds is 5. The highest BCUT2D eigenvalue weighted by molar-refractivity contribution is 5.79. The number of hydrogen-bond acceptors (Lipinski definition) is 3. The molecular formula is C19H20O3. The van der Waals surface area contributed by atoms with Crippen molar-refractivity contribution in [2.45, 2.75) is 31.8 Å². The predicted octanol–water partition coefficient (Wildman–Crippen LogP) is 4.50. The van der Waals surface area contributed by atoms with E-state index in [1.165, 1.54) is 12.8 Å². The van der Waals surface area contributed by atoms with Crippen molar-refractivity contribution >= 4 is 6.29 Å². The zero-order chi connectivity index (χ0) is 15.4. The first kappa shape index (κ1) is 14.6. The van der Waals surface area contributed by atoms with Crippen molar-refractivity contribution in [1.82, 2.24) is 0 Å². The molecule has 0 amide bonds. The van der Waals surface area contributed by atoms with E-state index in [9.17, 15) is 4.79 Å². The van der Waals surface area contributed by atoms with E-state index >= 15 is 0 Å². The Morgan fingerprint density at radius 1 is 1.00 bits per heavy atom. The quantitative estimate of drug-likeness (QED) is 0.762. The number of methoxy groups -OCH3 is 1. The maximum atomic E-state index is 10.9. The van der Waals surface area contributed by atoms with Crippen LogP contribution < -0.4 is 9.47 Å². The molecule has 2 aromatic rings. The zero-order valence-electron chi connectivity index (χ0n) is 12.7. The van der Waals surface area contributed by atoms with Gasteiger partial charge in [-0.05, 0) is 55.0 Å². The maximum absolute atomic E-state index is 10.9. The summed E-state index contributed by atoms with van der Waals surface area (Å²) in [6.45, 7) is 0. The van der Waals surface area contributed by atoms with E-state index < -0.39 is 0 Å². The van der Waals surface area contributed by atoms with E-state index in [2.05, 4.69) is 0 Å². The highest BCUT2D eigenvalue weighted by atomic mass is 16.5. The number of carbonyl (C=O) groups is 1. The van der Waals surface area contributed by atoms with Gasteiger partial charge < -0.3 is 9.47 Å². The second-order valence-corrected chi connectivity index (χ2v) is 5.63. The molecule has 0 radical (unpaired) electrons. The Morgan fingerprint density at radius 3 is 2.50 bits per heavy atom. The van der Waals surface area contributed by atoms with Crippen LogP contribution in [0, 0.1) is 0 Å². The number of benzene rings is 2. The van der Waals surface area contributed by atoms with Gasteiger partial charge in [-0.25, -0.2) is 0 Å². The number of aldehydes is 1. The van der Waals surface area contributed by atoms with Gasteiger partial charge in [0.05, 0.1) is 13.2 Å². The topological polar surface area (TPSA) is 35.5 Å². The number of hydrogen-bond donors (Lipinski definition) is 0. The van der Waals surface area contributed by atoms with Gasteiger partial charge in [-0.1, -0.05) is 24.3 Å². The fourth-order valence-corrected chi connectivity index (χ4v) is 2.93. The van der Waals surface area contributed by atoms with Crippen molar-refractivity contribution in [3.8, 4) is 22.6 Å². The smallest absolute Gasteiger partial charge is 0.162 e. The molecule has 0 spiro atoms. The van der Waals surface area contributed by atoms with Crippen molar-refractivity contribution in [1.29, 1.82) is 0 Å². The van der Waals surface area contributed by atoms with Crippen LogP contribution in [-0.2, 0) is 0 Å².